The molecule has 0 bridgehead atoms. The van der Waals surface area contributed by atoms with Crippen LogP contribution in [0.3, 0.4) is 0 Å². The molecule has 1 fully saturated rings. The van der Waals surface area contributed by atoms with Crippen LogP contribution in [0.4, 0.5) is 0 Å². The number of aryl methyl sites for hydroxylation is 1. The highest BCUT2D eigenvalue weighted by molar-refractivity contribution is 5.12. The first-order valence-corrected chi connectivity index (χ1v) is 4.92. The molecule has 0 atom stereocenters. The van der Waals surface area contributed by atoms with Crippen molar-refractivity contribution in [2.45, 2.75) is 45.1 Å². The fourth-order valence-electron chi connectivity index (χ4n) is 1.57. The van der Waals surface area contributed by atoms with Gasteiger partial charge in [0.1, 0.15) is 0 Å². The maximum atomic E-state index is 4.20. The maximum absolute atomic E-state index is 4.20. The van der Waals surface area contributed by atoms with Crippen molar-refractivity contribution in [1.82, 2.24) is 9.55 Å². The van der Waals surface area contributed by atoms with Gasteiger partial charge < -0.3 is 4.57 Å². The van der Waals surface area contributed by atoms with Crippen molar-refractivity contribution in [3.8, 4) is 0 Å². The highest BCUT2D eigenvalue weighted by Crippen LogP contribution is 2.39. The largest absolute Gasteiger partial charge is 0.334 e. The van der Waals surface area contributed by atoms with Crippen LogP contribution in [-0.4, -0.2) is 9.55 Å². The molecule has 2 nitrogen and oxygen atoms in total. The summed E-state index contributed by atoms with van der Waals surface area (Å²) in [5.41, 5.74) is 1.46. The van der Waals surface area contributed by atoms with E-state index in [-0.39, 0.29) is 0 Å². The summed E-state index contributed by atoms with van der Waals surface area (Å²) in [5, 5.41) is 0. The zero-order valence-corrected chi connectivity index (χ0v) is 7.66. The Balaban J connectivity index is 2.03. The van der Waals surface area contributed by atoms with Gasteiger partial charge in [0.25, 0.3) is 0 Å². The Hall–Kier alpha value is -0.790. The molecule has 0 aromatic carbocycles. The van der Waals surface area contributed by atoms with E-state index >= 15 is 0 Å². The molecule has 1 saturated carbocycles. The predicted octanol–water partition coefficient (Wildman–Crippen LogP) is 2.56. The Morgan fingerprint density at radius 2 is 2.42 bits per heavy atom. The Kier molecular flexibility index (Phi) is 2.15. The van der Waals surface area contributed by atoms with Crippen molar-refractivity contribution < 1.29 is 0 Å². The fraction of sp³-hybridized carbons (Fsp3) is 0.700. The summed E-state index contributed by atoms with van der Waals surface area (Å²) >= 11 is 0. The highest BCUT2D eigenvalue weighted by atomic mass is 15.0. The molecule has 66 valence electrons. The van der Waals surface area contributed by atoms with Crippen LogP contribution in [0.2, 0.25) is 0 Å². The van der Waals surface area contributed by atoms with Gasteiger partial charge in [0.2, 0.25) is 0 Å². The molecule has 12 heavy (non-hydrogen) atoms. The summed E-state index contributed by atoms with van der Waals surface area (Å²) in [6, 6.07) is 0. The van der Waals surface area contributed by atoms with Crippen LogP contribution in [0, 0.1) is 0 Å². The minimum atomic E-state index is 0.837. The van der Waals surface area contributed by atoms with Crippen LogP contribution in [0.1, 0.15) is 44.2 Å². The summed E-state index contributed by atoms with van der Waals surface area (Å²) in [6.45, 7) is 3.38. The van der Waals surface area contributed by atoms with Crippen molar-refractivity contribution in [2.75, 3.05) is 0 Å². The van der Waals surface area contributed by atoms with Crippen molar-refractivity contribution >= 4 is 0 Å². The molecular formula is C10H16N2. The molecule has 2 heteroatoms. The smallest absolute Gasteiger partial charge is 0.0948 e. The predicted molar refractivity (Wildman–Crippen MR) is 49.1 cm³/mol. The fourth-order valence-corrected chi connectivity index (χ4v) is 1.57. The van der Waals surface area contributed by atoms with Gasteiger partial charge in [-0.25, -0.2) is 4.98 Å². The van der Waals surface area contributed by atoms with E-state index < -0.39 is 0 Å². The van der Waals surface area contributed by atoms with Gasteiger partial charge in [-0.1, -0.05) is 13.3 Å². The monoisotopic (exact) mass is 164 g/mol. The average Bonchev–Trinajstić information content (AvgIpc) is 2.83. The van der Waals surface area contributed by atoms with Gasteiger partial charge in [-0.3, -0.25) is 0 Å². The Labute approximate surface area is 73.6 Å². The van der Waals surface area contributed by atoms with Gasteiger partial charge in [-0.15, -0.1) is 0 Å². The lowest BCUT2D eigenvalue weighted by Crippen LogP contribution is -1.99. The molecule has 0 aliphatic heterocycles. The standard InChI is InChI=1S/C10H16N2/c1-2-3-6-12-8-11-7-10(12)9-4-5-9/h7-9H,2-6H2,1H3. The van der Waals surface area contributed by atoms with Crippen LogP contribution in [0.15, 0.2) is 12.5 Å². The molecule has 0 spiro atoms. The zero-order valence-electron chi connectivity index (χ0n) is 7.66. The first-order chi connectivity index (χ1) is 5.92. The highest BCUT2D eigenvalue weighted by Gasteiger charge is 2.26. The summed E-state index contributed by atoms with van der Waals surface area (Å²) < 4.78 is 2.32. The lowest BCUT2D eigenvalue weighted by molar-refractivity contribution is 0.609. The minimum Gasteiger partial charge on any atom is -0.334 e. The maximum Gasteiger partial charge on any atom is 0.0948 e. The molecule has 1 aliphatic carbocycles. The van der Waals surface area contributed by atoms with Gasteiger partial charge >= 0.3 is 0 Å². The van der Waals surface area contributed by atoms with E-state index in [4.69, 9.17) is 0 Å². The van der Waals surface area contributed by atoms with Gasteiger partial charge in [0, 0.05) is 24.4 Å². The number of rotatable bonds is 4. The number of hydrogen-bond acceptors (Lipinski definition) is 1. The second-order valence-electron chi connectivity index (χ2n) is 3.64. The van der Waals surface area contributed by atoms with Crippen LogP contribution in [0.5, 0.6) is 0 Å². The van der Waals surface area contributed by atoms with Crippen LogP contribution >= 0.6 is 0 Å². The minimum absolute atomic E-state index is 0.837. The molecule has 1 aliphatic rings. The van der Waals surface area contributed by atoms with Crippen molar-refractivity contribution in [2.24, 2.45) is 0 Å². The van der Waals surface area contributed by atoms with E-state index in [0.29, 0.717) is 0 Å². The first kappa shape index (κ1) is 7.84. The van der Waals surface area contributed by atoms with Crippen LogP contribution in [0.25, 0.3) is 0 Å². The molecule has 0 amide bonds. The molecule has 0 radical (unpaired) electrons. The second-order valence-corrected chi connectivity index (χ2v) is 3.64. The van der Waals surface area contributed by atoms with E-state index in [1.807, 2.05) is 12.5 Å². The number of nitrogens with zero attached hydrogens (tertiary/aromatic N) is 2. The SMILES string of the molecule is CCCCn1cncc1C1CC1. The summed E-state index contributed by atoms with van der Waals surface area (Å²) in [5.74, 6) is 0.837. The van der Waals surface area contributed by atoms with E-state index in [1.54, 1.807) is 0 Å². The molecule has 2 rings (SSSR count). The molecule has 1 aromatic heterocycles. The third kappa shape index (κ3) is 1.52. The van der Waals surface area contributed by atoms with E-state index in [1.165, 1.54) is 31.4 Å². The van der Waals surface area contributed by atoms with Gasteiger partial charge in [0.15, 0.2) is 0 Å². The number of hydrogen-bond donors (Lipinski definition) is 0. The number of unbranched alkanes of at least 4 members (excludes halogenated alkanes) is 1. The van der Waals surface area contributed by atoms with Gasteiger partial charge in [-0.05, 0) is 19.3 Å². The first-order valence-electron chi connectivity index (χ1n) is 4.92. The van der Waals surface area contributed by atoms with Gasteiger partial charge in [-0.2, -0.15) is 0 Å². The molecule has 1 aromatic rings. The van der Waals surface area contributed by atoms with E-state index in [2.05, 4.69) is 16.5 Å². The van der Waals surface area contributed by atoms with E-state index in [9.17, 15) is 0 Å². The number of imidazole rings is 1. The van der Waals surface area contributed by atoms with E-state index in [0.717, 1.165) is 12.5 Å². The normalized spacial score (nSPS) is 16.8. The Morgan fingerprint density at radius 1 is 1.58 bits per heavy atom. The summed E-state index contributed by atoms with van der Waals surface area (Å²) in [7, 11) is 0. The summed E-state index contributed by atoms with van der Waals surface area (Å²) in [4.78, 5) is 4.20. The third-order valence-corrected chi connectivity index (χ3v) is 2.49. The quantitative estimate of drug-likeness (QED) is 0.668. The van der Waals surface area contributed by atoms with Crippen LogP contribution < -0.4 is 0 Å². The molecule has 0 N–H and O–H groups in total. The van der Waals surface area contributed by atoms with Crippen molar-refractivity contribution in [3.63, 3.8) is 0 Å². The topological polar surface area (TPSA) is 17.8 Å². The zero-order chi connectivity index (χ0) is 8.39. The van der Waals surface area contributed by atoms with Crippen LogP contribution in [-0.2, 0) is 6.54 Å². The second kappa shape index (κ2) is 3.30. The number of aromatic nitrogens is 2. The summed E-state index contributed by atoms with van der Waals surface area (Å²) in [6.07, 6.45) is 9.30. The Bertz CT molecular complexity index is 248. The molecule has 0 unspecified atom stereocenters. The van der Waals surface area contributed by atoms with Gasteiger partial charge in [0.05, 0.1) is 6.33 Å². The lowest BCUT2D eigenvalue weighted by Gasteiger charge is -2.04. The molecule has 0 saturated heterocycles. The molecular weight excluding hydrogens is 148 g/mol. The Morgan fingerprint density at radius 3 is 3.08 bits per heavy atom. The van der Waals surface area contributed by atoms with Crippen molar-refractivity contribution in [3.05, 3.63) is 18.2 Å². The third-order valence-electron chi connectivity index (χ3n) is 2.49. The molecule has 1 heterocycles. The lowest BCUT2D eigenvalue weighted by atomic mass is 10.3. The average molecular weight is 164 g/mol. The van der Waals surface area contributed by atoms with Crippen molar-refractivity contribution in [1.29, 1.82) is 0 Å².